The summed E-state index contributed by atoms with van der Waals surface area (Å²) in [6.07, 6.45) is 4.19. The van der Waals surface area contributed by atoms with E-state index in [-0.39, 0.29) is 11.8 Å². The van der Waals surface area contributed by atoms with Crippen LogP contribution in [0, 0.1) is 4.91 Å². The van der Waals surface area contributed by atoms with Crippen LogP contribution in [0.15, 0.2) is 34.5 Å². The van der Waals surface area contributed by atoms with Crippen LogP contribution in [0.2, 0.25) is 5.02 Å². The van der Waals surface area contributed by atoms with Gasteiger partial charge in [-0.15, -0.1) is 0 Å². The number of carbonyl (C=O) groups is 2. The summed E-state index contributed by atoms with van der Waals surface area (Å²) in [5.74, 6) is -0.166. The van der Waals surface area contributed by atoms with Crippen molar-refractivity contribution >= 4 is 29.1 Å². The lowest BCUT2D eigenvalue weighted by Crippen LogP contribution is -2.32. The van der Waals surface area contributed by atoms with Crippen molar-refractivity contribution in [2.75, 3.05) is 4.90 Å². The van der Waals surface area contributed by atoms with Gasteiger partial charge in [0.05, 0.1) is 10.7 Å². The predicted octanol–water partition coefficient (Wildman–Crippen LogP) is 4.79. The van der Waals surface area contributed by atoms with Crippen molar-refractivity contribution in [1.82, 2.24) is 0 Å². The number of nitrogens with zero attached hydrogens (tertiary/aromatic N) is 2. The molecule has 144 valence electrons. The molecule has 0 saturated carbocycles. The summed E-state index contributed by atoms with van der Waals surface area (Å²) in [5.41, 5.74) is 1.69. The van der Waals surface area contributed by atoms with Crippen molar-refractivity contribution in [1.29, 1.82) is 0 Å². The molecule has 0 fully saturated rings. The third kappa shape index (κ3) is 3.76. The number of halogens is 1. The number of hydrogen-bond acceptors (Lipinski definition) is 5. The Morgan fingerprint density at radius 1 is 1.19 bits per heavy atom. The number of imide groups is 1. The van der Waals surface area contributed by atoms with Crippen molar-refractivity contribution in [3.63, 3.8) is 0 Å². The number of nitroso groups, excluding NO2 is 1. The topological polar surface area (TPSA) is 76.0 Å². The Morgan fingerprint density at radius 3 is 2.37 bits per heavy atom. The molecule has 1 aliphatic heterocycles. The minimum Gasteiger partial charge on any atom is -0.486 e. The SMILES string of the molecule is CCCC(Oc1cc(N2C(=O)C3=C(CCCC3)C2=O)ccc1Cl)C(C)N=O. The van der Waals surface area contributed by atoms with Crippen molar-refractivity contribution in [3.05, 3.63) is 39.3 Å². The Bertz CT molecular complexity index is 777. The van der Waals surface area contributed by atoms with Crippen molar-refractivity contribution in [2.24, 2.45) is 5.18 Å². The van der Waals surface area contributed by atoms with Gasteiger partial charge in [0.2, 0.25) is 0 Å². The van der Waals surface area contributed by atoms with Crippen molar-refractivity contribution in [2.45, 2.75) is 64.5 Å². The first-order valence-electron chi connectivity index (χ1n) is 9.37. The maximum absolute atomic E-state index is 12.7. The number of benzene rings is 1. The average Bonchev–Trinajstić information content (AvgIpc) is 2.93. The van der Waals surface area contributed by atoms with Crippen LogP contribution in [-0.2, 0) is 9.59 Å². The predicted molar refractivity (Wildman–Crippen MR) is 104 cm³/mol. The molecule has 1 aromatic rings. The van der Waals surface area contributed by atoms with E-state index in [1.54, 1.807) is 25.1 Å². The van der Waals surface area contributed by atoms with Crippen LogP contribution < -0.4 is 9.64 Å². The Kier molecular flexibility index (Phi) is 5.95. The number of hydrogen-bond donors (Lipinski definition) is 0. The highest BCUT2D eigenvalue weighted by Gasteiger charge is 2.39. The fourth-order valence-electron chi connectivity index (χ4n) is 3.61. The molecule has 6 nitrogen and oxygen atoms in total. The van der Waals surface area contributed by atoms with Gasteiger partial charge < -0.3 is 4.74 Å². The first-order chi connectivity index (χ1) is 13.0. The van der Waals surface area contributed by atoms with E-state index >= 15 is 0 Å². The molecule has 27 heavy (non-hydrogen) atoms. The molecule has 0 radical (unpaired) electrons. The van der Waals surface area contributed by atoms with E-state index in [1.165, 1.54) is 4.90 Å². The first-order valence-corrected chi connectivity index (χ1v) is 9.75. The quantitative estimate of drug-likeness (QED) is 0.495. The maximum atomic E-state index is 12.7. The van der Waals surface area contributed by atoms with Gasteiger partial charge >= 0.3 is 0 Å². The molecule has 2 atom stereocenters. The van der Waals surface area contributed by atoms with Crippen LogP contribution in [0.3, 0.4) is 0 Å². The van der Waals surface area contributed by atoms with Crippen LogP contribution in [0.4, 0.5) is 5.69 Å². The first kappa shape index (κ1) is 19.5. The monoisotopic (exact) mass is 390 g/mol. The molecule has 3 rings (SSSR count). The molecule has 2 unspecified atom stereocenters. The normalized spacial score (nSPS) is 19.1. The van der Waals surface area contributed by atoms with E-state index < -0.39 is 12.1 Å². The maximum Gasteiger partial charge on any atom is 0.261 e. The van der Waals surface area contributed by atoms with Gasteiger partial charge in [0, 0.05) is 17.2 Å². The van der Waals surface area contributed by atoms with E-state index in [2.05, 4.69) is 5.18 Å². The standard InChI is InChI=1S/C20H23ClN2O4/c1-3-6-17(12(2)22-26)27-18-11-13(9-10-16(18)21)23-19(24)14-7-4-5-8-15(14)20(23)25/h9-12,17H,3-8H2,1-2H3. The molecular weight excluding hydrogens is 368 g/mol. The summed E-state index contributed by atoms with van der Waals surface area (Å²) in [6.45, 7) is 3.68. The molecule has 2 aliphatic rings. The van der Waals surface area contributed by atoms with Crippen LogP contribution in [-0.4, -0.2) is 24.0 Å². The van der Waals surface area contributed by atoms with Crippen LogP contribution in [0.1, 0.15) is 52.4 Å². The van der Waals surface area contributed by atoms with Gasteiger partial charge in [-0.2, -0.15) is 4.91 Å². The van der Waals surface area contributed by atoms with E-state index in [0.29, 0.717) is 46.9 Å². The summed E-state index contributed by atoms with van der Waals surface area (Å²) >= 11 is 6.26. The Hall–Kier alpha value is -2.21. The highest BCUT2D eigenvalue weighted by molar-refractivity contribution is 6.34. The highest BCUT2D eigenvalue weighted by atomic mass is 35.5. The molecule has 1 heterocycles. The smallest absolute Gasteiger partial charge is 0.261 e. The number of anilines is 1. The van der Waals surface area contributed by atoms with E-state index in [0.717, 1.165) is 19.3 Å². The molecule has 1 aromatic carbocycles. The van der Waals surface area contributed by atoms with Crippen LogP contribution in [0.5, 0.6) is 5.75 Å². The second-order valence-corrected chi connectivity index (χ2v) is 7.42. The van der Waals surface area contributed by atoms with Gasteiger partial charge in [0.15, 0.2) is 0 Å². The van der Waals surface area contributed by atoms with Gasteiger partial charge in [-0.3, -0.25) is 9.59 Å². The lowest BCUT2D eigenvalue weighted by atomic mass is 9.93. The molecule has 0 aromatic heterocycles. The van der Waals surface area contributed by atoms with Gasteiger partial charge in [0.1, 0.15) is 17.9 Å². The van der Waals surface area contributed by atoms with E-state index in [4.69, 9.17) is 16.3 Å². The Morgan fingerprint density at radius 2 is 1.81 bits per heavy atom. The van der Waals surface area contributed by atoms with Gasteiger partial charge in [-0.1, -0.05) is 30.1 Å². The fourth-order valence-corrected chi connectivity index (χ4v) is 3.77. The van der Waals surface area contributed by atoms with Crippen molar-refractivity contribution in [3.8, 4) is 5.75 Å². The fraction of sp³-hybridized carbons (Fsp3) is 0.500. The second-order valence-electron chi connectivity index (χ2n) is 7.02. The summed E-state index contributed by atoms with van der Waals surface area (Å²) in [6, 6.07) is 4.30. The number of ether oxygens (including phenoxy) is 1. The molecule has 1 aliphatic carbocycles. The van der Waals surface area contributed by atoms with E-state index in [9.17, 15) is 14.5 Å². The highest BCUT2D eigenvalue weighted by Crippen LogP contribution is 2.38. The van der Waals surface area contributed by atoms with Crippen LogP contribution in [0.25, 0.3) is 0 Å². The summed E-state index contributed by atoms with van der Waals surface area (Å²) < 4.78 is 5.94. The number of carbonyl (C=O) groups excluding carboxylic acids is 2. The molecular formula is C20H23ClN2O4. The third-order valence-electron chi connectivity index (χ3n) is 5.12. The van der Waals surface area contributed by atoms with Gasteiger partial charge in [0.25, 0.3) is 11.8 Å². The molecule has 0 N–H and O–H groups in total. The Balaban J connectivity index is 1.88. The number of rotatable bonds is 7. The number of amides is 2. The zero-order valence-electron chi connectivity index (χ0n) is 15.5. The average molecular weight is 391 g/mol. The molecule has 0 spiro atoms. The molecule has 2 amide bonds. The summed E-state index contributed by atoms with van der Waals surface area (Å²) in [5, 5.41) is 3.42. The summed E-state index contributed by atoms with van der Waals surface area (Å²) in [7, 11) is 0. The minimum atomic E-state index is -0.534. The minimum absolute atomic E-state index is 0.254. The molecule has 0 bridgehead atoms. The molecule has 0 saturated heterocycles. The van der Waals surface area contributed by atoms with Crippen LogP contribution >= 0.6 is 11.6 Å². The largest absolute Gasteiger partial charge is 0.486 e. The van der Waals surface area contributed by atoms with Crippen molar-refractivity contribution < 1.29 is 14.3 Å². The Labute approximate surface area is 163 Å². The lowest BCUT2D eigenvalue weighted by Gasteiger charge is -2.22. The lowest BCUT2D eigenvalue weighted by molar-refractivity contribution is -0.120. The van der Waals surface area contributed by atoms with Gasteiger partial charge in [-0.05, 0) is 51.2 Å². The zero-order valence-corrected chi connectivity index (χ0v) is 16.3. The van der Waals surface area contributed by atoms with Gasteiger partial charge in [-0.25, -0.2) is 4.90 Å². The van der Waals surface area contributed by atoms with E-state index in [1.807, 2.05) is 6.92 Å². The molecule has 7 heteroatoms. The third-order valence-corrected chi connectivity index (χ3v) is 5.43. The second kappa shape index (κ2) is 8.21. The zero-order chi connectivity index (χ0) is 19.6. The summed E-state index contributed by atoms with van der Waals surface area (Å²) in [4.78, 5) is 37.6.